The van der Waals surface area contributed by atoms with E-state index in [4.69, 9.17) is 18.9 Å². The number of aliphatic hydroxyl groups is 6. The molecule has 2 amide bonds. The van der Waals surface area contributed by atoms with E-state index in [9.17, 15) is 49.8 Å². The Morgan fingerprint density at radius 1 is 0.681 bits per heavy atom. The Kier molecular flexibility index (Phi) is 16.7. The highest BCUT2D eigenvalue weighted by molar-refractivity contribution is 5.90. The Labute approximate surface area is 275 Å². The average Bonchev–Trinajstić information content (AvgIpc) is 3.01. The topological polar surface area (TPSA) is 251 Å². The maximum atomic E-state index is 13.1. The second-order valence-electron chi connectivity index (χ2n) is 13.3. The van der Waals surface area contributed by atoms with E-state index in [2.05, 4.69) is 10.6 Å². The van der Waals surface area contributed by atoms with Crippen molar-refractivity contribution in [2.45, 2.75) is 135 Å². The fourth-order valence-electron chi connectivity index (χ4n) is 5.07. The molecule has 0 aliphatic carbocycles. The highest BCUT2D eigenvalue weighted by atomic mass is 16.7. The van der Waals surface area contributed by atoms with Crippen LogP contribution in [0.4, 0.5) is 0 Å². The van der Waals surface area contributed by atoms with Crippen LogP contribution in [-0.2, 0) is 38.1 Å². The molecule has 2 heterocycles. The first-order chi connectivity index (χ1) is 21.9. The third-order valence-electron chi connectivity index (χ3n) is 8.23. The van der Waals surface area contributed by atoms with E-state index in [1.807, 2.05) is 20.8 Å². The van der Waals surface area contributed by atoms with Crippen molar-refractivity contribution in [1.29, 1.82) is 0 Å². The highest BCUT2D eigenvalue weighted by Crippen LogP contribution is 2.23. The summed E-state index contributed by atoms with van der Waals surface area (Å²) in [4.78, 5) is 50.7. The maximum absolute atomic E-state index is 13.1. The Bertz CT molecular complexity index is 1020. The number of rotatable bonds is 18. The number of amides is 2. The number of aliphatic hydroxyl groups excluding tert-OH is 6. The van der Waals surface area contributed by atoms with Crippen molar-refractivity contribution in [1.82, 2.24) is 10.6 Å². The van der Waals surface area contributed by atoms with Gasteiger partial charge in [0, 0.05) is 44.2 Å². The molecule has 0 radical (unpaired) electrons. The number of unbranched alkanes of at least 4 members (excludes halogenated alkanes) is 1. The van der Waals surface area contributed by atoms with Crippen LogP contribution in [0.25, 0.3) is 0 Å². The predicted octanol–water partition coefficient (Wildman–Crippen LogP) is -1.95. The van der Waals surface area contributed by atoms with Crippen LogP contribution in [0.5, 0.6) is 0 Å². The standard InChI is InChI=1S/C31H54N2O14/c1-16-22(37)24(39)26(41)29(46-16)44-12-10-32-21(36)15-18(14-19(34)8-6-7-9-20(35)31(3,4)5)28(43)33-11-13-45-30-27(42)25(40)23(38)17(2)47-30/h16-18,22-27,29-30,37-42H,6-15H2,1-5H3,(H,32,36)(H,33,43)/t16-,17-,18-,22+,23+,24+,25+,26-,27-,29+,30+/m0/s1. The van der Waals surface area contributed by atoms with Crippen LogP contribution >= 0.6 is 0 Å². The molecule has 2 rings (SSSR count). The van der Waals surface area contributed by atoms with Gasteiger partial charge in [0.15, 0.2) is 12.6 Å². The minimum atomic E-state index is -1.51. The molecule has 272 valence electrons. The van der Waals surface area contributed by atoms with Crippen LogP contribution in [0.1, 0.15) is 73.1 Å². The van der Waals surface area contributed by atoms with Crippen molar-refractivity contribution in [3.63, 3.8) is 0 Å². The van der Waals surface area contributed by atoms with Crippen molar-refractivity contribution in [2.24, 2.45) is 11.3 Å². The van der Waals surface area contributed by atoms with Crippen LogP contribution < -0.4 is 10.6 Å². The minimum Gasteiger partial charge on any atom is -0.388 e. The molecule has 0 bridgehead atoms. The van der Waals surface area contributed by atoms with Gasteiger partial charge in [0.05, 0.1) is 31.3 Å². The summed E-state index contributed by atoms with van der Waals surface area (Å²) in [6.07, 6.45) is -11.7. The van der Waals surface area contributed by atoms with Crippen LogP contribution in [-0.4, -0.2) is 142 Å². The SMILES string of the molecule is C[C@@H]1O[C@@H](OCCNC(=O)C[C@H](CC(=O)CCCCC(=O)C(C)(C)C)C(=O)NCCO[C@@H]2O[C@@H](C)[C@@H](O)[C@@H](O)[C@@H]2O)[C@@H](O)[C@H](O)[C@@H]1O. The Hall–Kier alpha value is -2.12. The number of nitrogens with one attached hydrogen (secondary N) is 2. The summed E-state index contributed by atoms with van der Waals surface area (Å²) in [7, 11) is 0. The molecular weight excluding hydrogens is 624 g/mol. The van der Waals surface area contributed by atoms with Crippen LogP contribution in [0.2, 0.25) is 0 Å². The summed E-state index contributed by atoms with van der Waals surface area (Å²) in [5, 5.41) is 64.8. The monoisotopic (exact) mass is 678 g/mol. The first-order valence-corrected chi connectivity index (χ1v) is 16.2. The lowest BCUT2D eigenvalue weighted by molar-refractivity contribution is -0.292. The van der Waals surface area contributed by atoms with E-state index in [0.717, 1.165) is 0 Å². The molecule has 8 N–H and O–H groups in total. The number of hydrogen-bond acceptors (Lipinski definition) is 14. The first kappa shape index (κ1) is 41.1. The van der Waals surface area contributed by atoms with Gasteiger partial charge in [-0.25, -0.2) is 0 Å². The number of Topliss-reactive ketones (excluding diaryl/α,β-unsaturated/α-hetero) is 2. The fourth-order valence-corrected chi connectivity index (χ4v) is 5.07. The third-order valence-corrected chi connectivity index (χ3v) is 8.23. The maximum Gasteiger partial charge on any atom is 0.224 e. The smallest absolute Gasteiger partial charge is 0.224 e. The summed E-state index contributed by atoms with van der Waals surface area (Å²) >= 11 is 0. The van der Waals surface area contributed by atoms with E-state index >= 15 is 0 Å². The molecule has 0 aromatic heterocycles. The van der Waals surface area contributed by atoms with Crippen molar-refractivity contribution < 1.29 is 68.8 Å². The minimum absolute atomic E-state index is 0.0426. The van der Waals surface area contributed by atoms with E-state index in [1.54, 1.807) is 0 Å². The highest BCUT2D eigenvalue weighted by Gasteiger charge is 2.43. The second-order valence-corrected chi connectivity index (χ2v) is 13.3. The van der Waals surface area contributed by atoms with Crippen LogP contribution in [0.3, 0.4) is 0 Å². The number of hydrogen-bond donors (Lipinski definition) is 8. The number of ketones is 2. The third kappa shape index (κ3) is 13.0. The molecule has 16 heteroatoms. The molecular formula is C31H54N2O14. The molecule has 2 aliphatic heterocycles. The molecule has 11 atom stereocenters. The molecule has 2 aliphatic rings. The zero-order valence-electron chi connectivity index (χ0n) is 27.9. The number of carbonyl (C=O) groups excluding carboxylic acids is 4. The first-order valence-electron chi connectivity index (χ1n) is 16.2. The summed E-state index contributed by atoms with van der Waals surface area (Å²) < 4.78 is 21.5. The second kappa shape index (κ2) is 19.2. The van der Waals surface area contributed by atoms with Gasteiger partial charge >= 0.3 is 0 Å². The normalized spacial score (nSPS) is 32.0. The van der Waals surface area contributed by atoms with Crippen molar-refractivity contribution in [3.8, 4) is 0 Å². The van der Waals surface area contributed by atoms with Crippen molar-refractivity contribution in [3.05, 3.63) is 0 Å². The summed E-state index contributed by atoms with van der Waals surface area (Å²) in [6, 6.07) is 0. The lowest BCUT2D eigenvalue weighted by atomic mass is 9.87. The molecule has 0 spiro atoms. The predicted molar refractivity (Wildman–Crippen MR) is 163 cm³/mol. The van der Waals surface area contributed by atoms with Gasteiger partial charge in [-0.05, 0) is 26.7 Å². The molecule has 47 heavy (non-hydrogen) atoms. The van der Waals surface area contributed by atoms with E-state index in [0.29, 0.717) is 19.3 Å². The lowest BCUT2D eigenvalue weighted by Crippen LogP contribution is -2.57. The van der Waals surface area contributed by atoms with Gasteiger partial charge in [-0.2, -0.15) is 0 Å². The quantitative estimate of drug-likeness (QED) is 0.0734. The zero-order chi connectivity index (χ0) is 35.5. The molecule has 2 saturated heterocycles. The molecule has 16 nitrogen and oxygen atoms in total. The van der Waals surface area contributed by atoms with Gasteiger partial charge in [-0.15, -0.1) is 0 Å². The van der Waals surface area contributed by atoms with Crippen molar-refractivity contribution >= 4 is 23.4 Å². The van der Waals surface area contributed by atoms with Gasteiger partial charge in [0.2, 0.25) is 11.8 Å². The lowest BCUT2D eigenvalue weighted by Gasteiger charge is -2.38. The van der Waals surface area contributed by atoms with E-state index in [1.165, 1.54) is 13.8 Å². The summed E-state index contributed by atoms with van der Waals surface area (Å²) in [6.45, 7) is 8.11. The summed E-state index contributed by atoms with van der Waals surface area (Å²) in [5.74, 6) is -2.34. The van der Waals surface area contributed by atoms with Gasteiger partial charge in [0.1, 0.15) is 48.2 Å². The zero-order valence-corrected chi connectivity index (χ0v) is 27.9. The average molecular weight is 679 g/mol. The Balaban J connectivity index is 1.87. The van der Waals surface area contributed by atoms with Crippen LogP contribution in [0, 0.1) is 11.3 Å². The molecule has 0 unspecified atom stereocenters. The fraction of sp³-hybridized carbons (Fsp3) is 0.871. The van der Waals surface area contributed by atoms with Gasteiger partial charge in [-0.1, -0.05) is 20.8 Å². The molecule has 0 aromatic carbocycles. The molecule has 2 fully saturated rings. The van der Waals surface area contributed by atoms with E-state index < -0.39 is 84.6 Å². The molecule has 0 aromatic rings. The Morgan fingerprint density at radius 2 is 1.15 bits per heavy atom. The number of carbonyl (C=O) groups is 4. The molecule has 0 saturated carbocycles. The van der Waals surface area contributed by atoms with Crippen LogP contribution in [0.15, 0.2) is 0 Å². The number of ether oxygens (including phenoxy) is 4. The van der Waals surface area contributed by atoms with E-state index in [-0.39, 0.29) is 57.1 Å². The van der Waals surface area contributed by atoms with Crippen molar-refractivity contribution in [2.75, 3.05) is 26.3 Å². The summed E-state index contributed by atoms with van der Waals surface area (Å²) in [5.41, 5.74) is -0.471. The van der Waals surface area contributed by atoms with Gasteiger partial charge in [0.25, 0.3) is 0 Å². The van der Waals surface area contributed by atoms with Gasteiger partial charge < -0.3 is 60.2 Å². The van der Waals surface area contributed by atoms with Gasteiger partial charge in [-0.3, -0.25) is 19.2 Å². The largest absolute Gasteiger partial charge is 0.388 e. The Morgan fingerprint density at radius 3 is 1.64 bits per heavy atom.